The first-order valence-corrected chi connectivity index (χ1v) is 7.74. The molecule has 0 aromatic heterocycles. The van der Waals surface area contributed by atoms with Gasteiger partial charge >= 0.3 is 0 Å². The number of primary amides is 1. The molecule has 0 aliphatic carbocycles. The van der Waals surface area contributed by atoms with Gasteiger partial charge in [0.1, 0.15) is 12.4 Å². The second-order valence-corrected chi connectivity index (χ2v) is 5.21. The van der Waals surface area contributed by atoms with Crippen molar-refractivity contribution in [3.63, 3.8) is 0 Å². The average molecular weight is 343 g/mol. The van der Waals surface area contributed by atoms with Gasteiger partial charge in [0, 0.05) is 24.0 Å². The molecule has 2 aromatic carbocycles. The van der Waals surface area contributed by atoms with Gasteiger partial charge in [-0.15, -0.1) is 0 Å². The van der Waals surface area contributed by atoms with Crippen LogP contribution in [0.4, 0.5) is 11.4 Å². The van der Waals surface area contributed by atoms with E-state index in [9.17, 15) is 9.59 Å². The van der Waals surface area contributed by atoms with Crippen molar-refractivity contribution in [2.24, 2.45) is 5.73 Å². The largest absolute Gasteiger partial charge is 0.491 e. The Kier molecular flexibility index (Phi) is 6.79. The van der Waals surface area contributed by atoms with Crippen molar-refractivity contribution >= 4 is 23.2 Å². The first-order valence-electron chi connectivity index (χ1n) is 7.74. The third kappa shape index (κ3) is 6.15. The standard InChI is InChI=1S/C18H21N3O4/c1-24-9-10-25-16-7-5-14(6-8-16)20-12-17(22)21-15-4-2-3-13(11-15)18(19)23/h2-8,11,20H,9-10,12H2,1H3,(H2,19,23)(H,21,22). The maximum atomic E-state index is 12.0. The van der Waals surface area contributed by atoms with Crippen LogP contribution < -0.4 is 21.1 Å². The fraction of sp³-hybridized carbons (Fsp3) is 0.222. The molecule has 2 amide bonds. The van der Waals surface area contributed by atoms with Gasteiger partial charge in [-0.1, -0.05) is 6.07 Å². The van der Waals surface area contributed by atoms with Gasteiger partial charge in [-0.05, 0) is 42.5 Å². The van der Waals surface area contributed by atoms with Gasteiger partial charge in [0.15, 0.2) is 0 Å². The molecule has 0 aliphatic rings. The van der Waals surface area contributed by atoms with E-state index in [1.165, 1.54) is 6.07 Å². The molecule has 7 heteroatoms. The highest BCUT2D eigenvalue weighted by molar-refractivity contribution is 5.97. The van der Waals surface area contributed by atoms with Crippen LogP contribution in [-0.2, 0) is 9.53 Å². The molecule has 0 unspecified atom stereocenters. The van der Waals surface area contributed by atoms with E-state index in [0.29, 0.717) is 24.5 Å². The lowest BCUT2D eigenvalue weighted by Gasteiger charge is -2.10. The van der Waals surface area contributed by atoms with Gasteiger partial charge in [0.25, 0.3) is 0 Å². The van der Waals surface area contributed by atoms with Crippen LogP contribution in [0.2, 0.25) is 0 Å². The molecule has 132 valence electrons. The van der Waals surface area contributed by atoms with Crippen molar-refractivity contribution in [1.29, 1.82) is 0 Å². The predicted octanol–water partition coefficient (Wildman–Crippen LogP) is 1.86. The number of rotatable bonds is 9. The van der Waals surface area contributed by atoms with E-state index >= 15 is 0 Å². The summed E-state index contributed by atoms with van der Waals surface area (Å²) in [5, 5.41) is 5.72. The van der Waals surface area contributed by atoms with Crippen LogP contribution in [0.1, 0.15) is 10.4 Å². The lowest BCUT2D eigenvalue weighted by Crippen LogP contribution is -2.22. The SMILES string of the molecule is COCCOc1ccc(NCC(=O)Nc2cccc(C(N)=O)c2)cc1. The number of ether oxygens (including phenoxy) is 2. The van der Waals surface area contributed by atoms with Gasteiger partial charge in [-0.25, -0.2) is 0 Å². The normalized spacial score (nSPS) is 10.1. The lowest BCUT2D eigenvalue weighted by molar-refractivity contribution is -0.114. The summed E-state index contributed by atoms with van der Waals surface area (Å²) < 4.78 is 10.4. The van der Waals surface area contributed by atoms with Crippen LogP contribution in [-0.4, -0.2) is 38.7 Å². The molecular weight excluding hydrogens is 322 g/mol. The lowest BCUT2D eigenvalue weighted by atomic mass is 10.2. The smallest absolute Gasteiger partial charge is 0.248 e. The molecule has 0 atom stereocenters. The highest BCUT2D eigenvalue weighted by atomic mass is 16.5. The topological polar surface area (TPSA) is 103 Å². The molecule has 0 radical (unpaired) electrons. The third-order valence-corrected chi connectivity index (χ3v) is 3.29. The fourth-order valence-electron chi connectivity index (χ4n) is 2.05. The molecule has 0 spiro atoms. The van der Waals surface area contributed by atoms with Crippen LogP contribution in [0.5, 0.6) is 5.75 Å². The minimum atomic E-state index is -0.540. The number of benzene rings is 2. The second-order valence-electron chi connectivity index (χ2n) is 5.21. The summed E-state index contributed by atoms with van der Waals surface area (Å²) in [6.07, 6.45) is 0. The van der Waals surface area contributed by atoms with Gasteiger partial charge in [0.05, 0.1) is 13.2 Å². The van der Waals surface area contributed by atoms with Crippen LogP contribution in [0.15, 0.2) is 48.5 Å². The second kappa shape index (κ2) is 9.29. The number of carbonyl (C=O) groups excluding carboxylic acids is 2. The molecule has 0 fully saturated rings. The summed E-state index contributed by atoms with van der Waals surface area (Å²) in [5.41, 5.74) is 6.87. The summed E-state index contributed by atoms with van der Waals surface area (Å²) in [5.74, 6) is -0.0422. The highest BCUT2D eigenvalue weighted by Crippen LogP contribution is 2.15. The summed E-state index contributed by atoms with van der Waals surface area (Å²) >= 11 is 0. The van der Waals surface area contributed by atoms with Gasteiger partial charge < -0.3 is 25.8 Å². The van der Waals surface area contributed by atoms with E-state index in [1.54, 1.807) is 25.3 Å². The molecule has 0 aliphatic heterocycles. The van der Waals surface area contributed by atoms with Crippen LogP contribution in [0, 0.1) is 0 Å². The summed E-state index contributed by atoms with van der Waals surface area (Å²) in [6.45, 7) is 1.10. The molecule has 2 rings (SSSR count). The Hall–Kier alpha value is -3.06. The van der Waals surface area contributed by atoms with E-state index in [0.717, 1.165) is 11.4 Å². The molecule has 25 heavy (non-hydrogen) atoms. The van der Waals surface area contributed by atoms with Crippen molar-refractivity contribution in [2.45, 2.75) is 0 Å². The number of methoxy groups -OCH3 is 1. The van der Waals surface area contributed by atoms with E-state index in [4.69, 9.17) is 15.2 Å². The first kappa shape index (κ1) is 18.3. The molecular formula is C18H21N3O4. The zero-order valence-electron chi connectivity index (χ0n) is 14.0. The number of nitrogens with one attached hydrogen (secondary N) is 2. The summed E-state index contributed by atoms with van der Waals surface area (Å²) in [6, 6.07) is 13.7. The zero-order valence-corrected chi connectivity index (χ0v) is 14.0. The van der Waals surface area contributed by atoms with Crippen LogP contribution in [0.25, 0.3) is 0 Å². The number of nitrogens with two attached hydrogens (primary N) is 1. The molecule has 0 saturated heterocycles. The molecule has 7 nitrogen and oxygen atoms in total. The van der Waals surface area contributed by atoms with Gasteiger partial charge in [-0.3, -0.25) is 9.59 Å². The third-order valence-electron chi connectivity index (χ3n) is 3.29. The first-order chi connectivity index (χ1) is 12.1. The Morgan fingerprint density at radius 3 is 2.48 bits per heavy atom. The number of hydrogen-bond donors (Lipinski definition) is 3. The molecule has 0 heterocycles. The molecule has 0 bridgehead atoms. The van der Waals surface area contributed by atoms with Crippen molar-refractivity contribution in [3.05, 3.63) is 54.1 Å². The minimum absolute atomic E-state index is 0.0880. The highest BCUT2D eigenvalue weighted by Gasteiger charge is 2.05. The number of hydrogen-bond acceptors (Lipinski definition) is 5. The predicted molar refractivity (Wildman–Crippen MR) is 95.9 cm³/mol. The van der Waals surface area contributed by atoms with E-state index < -0.39 is 5.91 Å². The van der Waals surface area contributed by atoms with Crippen molar-refractivity contribution < 1.29 is 19.1 Å². The Morgan fingerprint density at radius 1 is 1.04 bits per heavy atom. The van der Waals surface area contributed by atoms with Crippen LogP contribution in [0.3, 0.4) is 0 Å². The Labute approximate surface area is 146 Å². The molecule has 0 saturated carbocycles. The Balaban J connectivity index is 1.81. The summed E-state index contributed by atoms with van der Waals surface area (Å²) in [7, 11) is 1.62. The van der Waals surface area contributed by atoms with Crippen molar-refractivity contribution in [1.82, 2.24) is 0 Å². The van der Waals surface area contributed by atoms with Crippen LogP contribution >= 0.6 is 0 Å². The molecule has 2 aromatic rings. The van der Waals surface area contributed by atoms with E-state index in [-0.39, 0.29) is 12.5 Å². The van der Waals surface area contributed by atoms with E-state index in [2.05, 4.69) is 10.6 Å². The zero-order chi connectivity index (χ0) is 18.1. The van der Waals surface area contributed by atoms with Gasteiger partial charge in [0.2, 0.25) is 11.8 Å². The number of carbonyl (C=O) groups is 2. The molecule has 4 N–H and O–H groups in total. The minimum Gasteiger partial charge on any atom is -0.491 e. The van der Waals surface area contributed by atoms with Crippen molar-refractivity contribution in [2.75, 3.05) is 37.5 Å². The Bertz CT molecular complexity index is 717. The quantitative estimate of drug-likeness (QED) is 0.603. The fourth-order valence-corrected chi connectivity index (χ4v) is 2.05. The van der Waals surface area contributed by atoms with Crippen molar-refractivity contribution in [3.8, 4) is 5.75 Å². The number of amides is 2. The van der Waals surface area contributed by atoms with E-state index in [1.807, 2.05) is 24.3 Å². The number of anilines is 2. The monoisotopic (exact) mass is 343 g/mol. The van der Waals surface area contributed by atoms with Gasteiger partial charge in [-0.2, -0.15) is 0 Å². The average Bonchev–Trinajstić information content (AvgIpc) is 2.61. The maximum Gasteiger partial charge on any atom is 0.248 e. The Morgan fingerprint density at radius 2 is 1.80 bits per heavy atom. The summed E-state index contributed by atoms with van der Waals surface area (Å²) in [4.78, 5) is 23.1. The maximum absolute atomic E-state index is 12.0.